The average molecular weight is 577 g/mol. The fourth-order valence-electron chi connectivity index (χ4n) is 6.88. The van der Waals surface area contributed by atoms with E-state index < -0.39 is 0 Å². The molecule has 0 fully saturated rings. The van der Waals surface area contributed by atoms with Crippen molar-refractivity contribution < 1.29 is 0 Å². The van der Waals surface area contributed by atoms with Gasteiger partial charge in [0.15, 0.2) is 0 Å². The zero-order valence-corrected chi connectivity index (χ0v) is 24.0. The van der Waals surface area contributed by atoms with Crippen LogP contribution in [-0.4, -0.2) is 28.5 Å². The van der Waals surface area contributed by atoms with Crippen LogP contribution in [-0.2, 0) is 0 Å². The van der Waals surface area contributed by atoms with Gasteiger partial charge in [0.05, 0.1) is 56.0 Å². The average Bonchev–Trinajstić information content (AvgIpc) is 3.75. The second-order valence-corrected chi connectivity index (χ2v) is 11.4. The quantitative estimate of drug-likeness (QED) is 0.211. The minimum atomic E-state index is 0.856. The van der Waals surface area contributed by atoms with Gasteiger partial charge in [-0.2, -0.15) is 0 Å². The fraction of sp³-hybridized carbons (Fsp3) is 0. The molecule has 0 spiro atoms. The van der Waals surface area contributed by atoms with E-state index in [0.29, 0.717) is 0 Å². The van der Waals surface area contributed by atoms with Gasteiger partial charge in [-0.25, -0.2) is 9.97 Å². The van der Waals surface area contributed by atoms with E-state index in [1.807, 2.05) is 36.5 Å². The molecule has 0 amide bonds. The number of imidazole rings is 2. The van der Waals surface area contributed by atoms with Crippen molar-refractivity contribution in [3.8, 4) is 22.6 Å². The van der Waals surface area contributed by atoms with Crippen LogP contribution in [0.15, 0.2) is 146 Å². The van der Waals surface area contributed by atoms with Crippen molar-refractivity contribution in [2.24, 2.45) is 0 Å². The Morgan fingerprint density at radius 1 is 0.422 bits per heavy atom. The molecule has 0 aliphatic heterocycles. The van der Waals surface area contributed by atoms with Gasteiger partial charge in [0.25, 0.3) is 0 Å². The summed E-state index contributed by atoms with van der Waals surface area (Å²) in [6, 6.07) is 48.8. The van der Waals surface area contributed by atoms with Gasteiger partial charge < -0.3 is 4.57 Å². The zero-order valence-electron chi connectivity index (χ0n) is 24.0. The molecule has 6 nitrogen and oxygen atoms in total. The van der Waals surface area contributed by atoms with Crippen LogP contribution in [0, 0.1) is 0 Å². The number of rotatable bonds is 3. The van der Waals surface area contributed by atoms with Crippen molar-refractivity contribution in [2.45, 2.75) is 0 Å². The molecule has 0 N–H and O–H groups in total. The number of para-hydroxylation sites is 7. The van der Waals surface area contributed by atoms with Crippen LogP contribution in [0.5, 0.6) is 0 Å². The molecule has 0 radical (unpaired) electrons. The van der Waals surface area contributed by atoms with Crippen LogP contribution in [0.25, 0.3) is 83.3 Å². The van der Waals surface area contributed by atoms with Gasteiger partial charge in [-0.1, -0.05) is 66.7 Å². The lowest BCUT2D eigenvalue weighted by molar-refractivity contribution is 1.11. The van der Waals surface area contributed by atoms with Gasteiger partial charge in [0, 0.05) is 27.7 Å². The maximum atomic E-state index is 5.09. The van der Waals surface area contributed by atoms with E-state index in [1.54, 1.807) is 0 Å². The Morgan fingerprint density at radius 2 is 1.11 bits per heavy atom. The van der Waals surface area contributed by atoms with E-state index >= 15 is 0 Å². The van der Waals surface area contributed by atoms with Crippen molar-refractivity contribution in [3.63, 3.8) is 0 Å². The highest BCUT2D eigenvalue weighted by Gasteiger charge is 2.19. The second kappa shape index (κ2) is 9.11. The number of hydrogen-bond donors (Lipinski definition) is 0. The third kappa shape index (κ3) is 3.48. The molecular formula is C39H24N6. The zero-order chi connectivity index (χ0) is 29.5. The molecule has 6 heteroatoms. The molecule has 0 aliphatic rings. The Labute approximate surface area is 257 Å². The molecule has 0 bridgehead atoms. The predicted molar refractivity (Wildman–Crippen MR) is 182 cm³/mol. The smallest absolute Gasteiger partial charge is 0.220 e. The molecular weight excluding hydrogens is 552 g/mol. The molecule has 0 aliphatic carbocycles. The summed E-state index contributed by atoms with van der Waals surface area (Å²) in [6.07, 6.45) is 1.86. The van der Waals surface area contributed by atoms with E-state index in [2.05, 4.69) is 128 Å². The molecule has 0 saturated carbocycles. The summed E-state index contributed by atoms with van der Waals surface area (Å²) in [5.74, 6) is 0.907. The van der Waals surface area contributed by atoms with Gasteiger partial charge in [0.2, 0.25) is 5.78 Å². The molecule has 6 aromatic carbocycles. The monoisotopic (exact) mass is 576 g/mol. The summed E-state index contributed by atoms with van der Waals surface area (Å²) in [6.45, 7) is 0. The summed E-state index contributed by atoms with van der Waals surface area (Å²) < 4.78 is 6.89. The number of hydrogen-bond acceptors (Lipinski definition) is 3. The van der Waals surface area contributed by atoms with E-state index in [1.165, 1.54) is 10.8 Å². The minimum absolute atomic E-state index is 0.856. The van der Waals surface area contributed by atoms with Gasteiger partial charge in [-0.15, -0.1) is 0 Å². The van der Waals surface area contributed by atoms with Crippen LogP contribution in [0.2, 0.25) is 0 Å². The van der Waals surface area contributed by atoms with Gasteiger partial charge in [-0.3, -0.25) is 14.0 Å². The Hall–Kier alpha value is -6.27. The highest BCUT2D eigenvalue weighted by Crippen LogP contribution is 2.36. The number of nitrogens with zero attached hydrogens (tertiary/aromatic N) is 6. The second-order valence-electron chi connectivity index (χ2n) is 11.4. The van der Waals surface area contributed by atoms with E-state index in [-0.39, 0.29) is 0 Å². The van der Waals surface area contributed by atoms with Crippen LogP contribution in [0.1, 0.15) is 0 Å². The molecule has 4 aromatic heterocycles. The topological polar surface area (TPSA) is 52.9 Å². The summed E-state index contributed by atoms with van der Waals surface area (Å²) in [7, 11) is 0. The normalized spacial score (nSPS) is 12.0. The number of aromatic nitrogens is 6. The lowest BCUT2D eigenvalue weighted by Crippen LogP contribution is -1.97. The predicted octanol–water partition coefficient (Wildman–Crippen LogP) is 9.14. The van der Waals surface area contributed by atoms with Crippen LogP contribution < -0.4 is 0 Å². The van der Waals surface area contributed by atoms with Crippen molar-refractivity contribution in [2.75, 3.05) is 0 Å². The van der Waals surface area contributed by atoms with Crippen molar-refractivity contribution in [1.29, 1.82) is 0 Å². The standard InChI is InChI=1S/C39H24N6/c1-5-16-34-28(12-1)29-23-27(44-37-18-7-8-19-38(37)45-36-17-6-4-15-32(36)42-39(44)45)20-21-35(29)43(34)26-11-9-10-25(22-26)33-24-40-30-13-2-3-14-31(30)41-33/h1-24H. The van der Waals surface area contributed by atoms with Gasteiger partial charge in [-0.05, 0) is 72.8 Å². The summed E-state index contributed by atoms with van der Waals surface area (Å²) in [5, 5.41) is 2.39. The van der Waals surface area contributed by atoms with Gasteiger partial charge in [0.1, 0.15) is 0 Å². The first-order chi connectivity index (χ1) is 22.3. The highest BCUT2D eigenvalue weighted by atomic mass is 15.2. The maximum absolute atomic E-state index is 5.09. The highest BCUT2D eigenvalue weighted by molar-refractivity contribution is 6.10. The summed E-state index contributed by atoms with van der Waals surface area (Å²) in [4.78, 5) is 14.7. The lowest BCUT2D eigenvalue weighted by Gasteiger charge is -2.11. The first kappa shape index (κ1) is 24.2. The molecule has 0 unspecified atom stereocenters. The van der Waals surface area contributed by atoms with Crippen molar-refractivity contribution in [3.05, 3.63) is 146 Å². The Balaban J connectivity index is 1.20. The minimum Gasteiger partial charge on any atom is -0.309 e. The third-order valence-corrected chi connectivity index (χ3v) is 8.87. The number of benzene rings is 6. The van der Waals surface area contributed by atoms with E-state index in [4.69, 9.17) is 9.97 Å². The van der Waals surface area contributed by atoms with Crippen LogP contribution in [0.4, 0.5) is 0 Å². The SMILES string of the molecule is c1cc(-c2cnc3ccccc3n2)cc(-n2c3ccccc3c3cc(-n4c5ccccc5n5c6ccccc6nc45)ccc32)c1. The Bertz CT molecular complexity index is 2780. The lowest BCUT2D eigenvalue weighted by atomic mass is 10.1. The van der Waals surface area contributed by atoms with Crippen molar-refractivity contribution >= 4 is 60.7 Å². The van der Waals surface area contributed by atoms with Crippen molar-refractivity contribution in [1.82, 2.24) is 28.5 Å². The first-order valence-corrected chi connectivity index (χ1v) is 15.0. The maximum Gasteiger partial charge on any atom is 0.220 e. The largest absolute Gasteiger partial charge is 0.309 e. The first-order valence-electron chi connectivity index (χ1n) is 15.0. The molecule has 10 rings (SSSR count). The van der Waals surface area contributed by atoms with E-state index in [0.717, 1.165) is 72.5 Å². The molecule has 10 aromatic rings. The van der Waals surface area contributed by atoms with Crippen LogP contribution in [0.3, 0.4) is 0 Å². The molecule has 0 atom stereocenters. The summed E-state index contributed by atoms with van der Waals surface area (Å²) >= 11 is 0. The third-order valence-electron chi connectivity index (χ3n) is 8.87. The Morgan fingerprint density at radius 3 is 2.00 bits per heavy atom. The molecule has 4 heterocycles. The van der Waals surface area contributed by atoms with Crippen LogP contribution >= 0.6 is 0 Å². The number of fused-ring (bicyclic) bond motifs is 9. The Kier molecular flexibility index (Phi) is 4.90. The summed E-state index contributed by atoms with van der Waals surface area (Å²) in [5.41, 5.74) is 12.5. The molecule has 45 heavy (non-hydrogen) atoms. The van der Waals surface area contributed by atoms with Gasteiger partial charge >= 0.3 is 0 Å². The molecule has 210 valence electrons. The van der Waals surface area contributed by atoms with E-state index in [9.17, 15) is 0 Å². The fourth-order valence-corrected chi connectivity index (χ4v) is 6.88. The molecule has 0 saturated heterocycles.